The van der Waals surface area contributed by atoms with E-state index in [2.05, 4.69) is 27.1 Å². The van der Waals surface area contributed by atoms with Crippen LogP contribution in [0.25, 0.3) is 0 Å². The summed E-state index contributed by atoms with van der Waals surface area (Å²) in [7, 11) is 2.16. The number of aryl methyl sites for hydroxylation is 1. The highest BCUT2D eigenvalue weighted by atomic mass is 16.6. The first-order valence-corrected chi connectivity index (χ1v) is 16.8. The van der Waals surface area contributed by atoms with E-state index in [1.807, 2.05) is 47.1 Å². The molecule has 0 spiro atoms. The van der Waals surface area contributed by atoms with Crippen molar-refractivity contribution in [1.29, 1.82) is 0 Å². The van der Waals surface area contributed by atoms with E-state index in [0.717, 1.165) is 67.8 Å². The van der Waals surface area contributed by atoms with Crippen molar-refractivity contribution in [2.24, 2.45) is 0 Å². The van der Waals surface area contributed by atoms with Crippen LogP contribution in [-0.2, 0) is 22.4 Å². The second-order valence-corrected chi connectivity index (χ2v) is 13.3. The van der Waals surface area contributed by atoms with Crippen LogP contribution in [0, 0.1) is 6.92 Å². The number of ether oxygens (including phenoxy) is 1. The van der Waals surface area contributed by atoms with Gasteiger partial charge in [-0.1, -0.05) is 24.3 Å². The minimum atomic E-state index is -0.954. The van der Waals surface area contributed by atoms with Crippen LogP contribution in [0.3, 0.4) is 0 Å². The fourth-order valence-corrected chi connectivity index (χ4v) is 7.29. The number of nitrogens with zero attached hydrogens (tertiary/aromatic N) is 6. The number of aromatic nitrogens is 1. The summed E-state index contributed by atoms with van der Waals surface area (Å²) < 4.78 is 6.03. The second-order valence-electron chi connectivity index (χ2n) is 13.3. The first kappa shape index (κ1) is 32.1. The highest BCUT2D eigenvalue weighted by Gasteiger charge is 2.36. The number of carbonyl (C=O) groups is 3. The molecule has 0 radical (unpaired) electrons. The molecule has 4 aliphatic rings. The number of likely N-dealkylation sites (tertiary alicyclic amines) is 2. The van der Waals surface area contributed by atoms with E-state index in [-0.39, 0.29) is 24.4 Å². The molecule has 4 aliphatic heterocycles. The normalized spacial score (nSPS) is 21.3. The topological polar surface area (TPSA) is 128 Å². The Labute approximate surface area is 271 Å². The van der Waals surface area contributed by atoms with E-state index in [9.17, 15) is 14.4 Å². The third-order valence-corrected chi connectivity index (χ3v) is 10.3. The van der Waals surface area contributed by atoms with Crippen molar-refractivity contribution in [2.45, 2.75) is 63.6 Å². The Kier molecular flexibility index (Phi) is 9.93. The Morgan fingerprint density at radius 1 is 0.957 bits per heavy atom. The molecule has 1 aromatic carbocycles. The molecule has 2 aromatic rings. The number of nitrogens with two attached hydrogens (primary N) is 1. The van der Waals surface area contributed by atoms with Crippen molar-refractivity contribution in [2.75, 3.05) is 77.0 Å². The van der Waals surface area contributed by atoms with Gasteiger partial charge in [0.2, 0.25) is 0 Å². The first-order valence-electron chi connectivity index (χ1n) is 16.8. The number of fused-ring (bicyclic) bond motifs is 1. The summed E-state index contributed by atoms with van der Waals surface area (Å²) in [5.41, 5.74) is 9.57. The van der Waals surface area contributed by atoms with Crippen molar-refractivity contribution in [3.63, 3.8) is 0 Å². The molecule has 248 valence electrons. The molecule has 0 unspecified atom stereocenters. The number of benzene rings is 1. The molecule has 0 bridgehead atoms. The molecular formula is C34H48N8O4. The maximum Gasteiger partial charge on any atom is 0.410 e. The van der Waals surface area contributed by atoms with Gasteiger partial charge in [0.25, 0.3) is 5.91 Å². The number of pyridine rings is 1. The number of hydrogen-bond donors (Lipinski definition) is 2. The minimum Gasteiger partial charge on any atom is -0.436 e. The van der Waals surface area contributed by atoms with Gasteiger partial charge in [0.15, 0.2) is 6.10 Å². The molecule has 12 heteroatoms. The molecule has 1 aromatic heterocycles. The fourth-order valence-electron chi connectivity index (χ4n) is 7.29. The molecule has 0 aliphatic carbocycles. The molecule has 12 nitrogen and oxygen atoms in total. The van der Waals surface area contributed by atoms with Gasteiger partial charge in [0.05, 0.1) is 0 Å². The Balaban J connectivity index is 1.07. The summed E-state index contributed by atoms with van der Waals surface area (Å²) in [6.07, 6.45) is 4.38. The lowest BCUT2D eigenvalue weighted by Crippen LogP contribution is -2.54. The predicted molar refractivity (Wildman–Crippen MR) is 176 cm³/mol. The van der Waals surface area contributed by atoms with Gasteiger partial charge in [-0.2, -0.15) is 0 Å². The number of nitrogens with one attached hydrogen (secondary N) is 1. The summed E-state index contributed by atoms with van der Waals surface area (Å²) in [5, 5.41) is 3.05. The number of amides is 4. The fraction of sp³-hybridized carbons (Fsp3) is 0.588. The van der Waals surface area contributed by atoms with Crippen molar-refractivity contribution >= 4 is 29.5 Å². The number of anilines is 2. The number of likely N-dealkylation sites (N-methyl/N-ethyl adjacent to an activating group) is 1. The summed E-state index contributed by atoms with van der Waals surface area (Å²) in [6.45, 7) is 9.00. The molecule has 5 heterocycles. The van der Waals surface area contributed by atoms with E-state index in [1.54, 1.807) is 11.1 Å². The molecule has 6 rings (SSSR count). The zero-order valence-corrected chi connectivity index (χ0v) is 27.2. The van der Waals surface area contributed by atoms with E-state index in [0.29, 0.717) is 57.4 Å². The highest BCUT2D eigenvalue weighted by molar-refractivity contribution is 5.91. The lowest BCUT2D eigenvalue weighted by Gasteiger charge is -2.42. The SMILES string of the molecule is Cc1cc(C[C@@H](OC(=O)N2CCC(N3CCc4ccccc4NC3=O)CC2)C(=O)N2CCC(N3CCN(C)CC3)CC2)cnc1N. The third kappa shape index (κ3) is 7.39. The summed E-state index contributed by atoms with van der Waals surface area (Å²) in [5.74, 6) is 0.287. The summed E-state index contributed by atoms with van der Waals surface area (Å²) >= 11 is 0. The number of nitrogen functional groups attached to an aromatic ring is 1. The number of piperazine rings is 1. The van der Waals surface area contributed by atoms with Gasteiger partial charge >= 0.3 is 12.1 Å². The highest BCUT2D eigenvalue weighted by Crippen LogP contribution is 2.26. The van der Waals surface area contributed by atoms with Crippen LogP contribution in [0.5, 0.6) is 0 Å². The van der Waals surface area contributed by atoms with Crippen molar-refractivity contribution in [3.8, 4) is 0 Å². The van der Waals surface area contributed by atoms with Gasteiger partial charge in [-0.05, 0) is 68.8 Å². The van der Waals surface area contributed by atoms with Crippen LogP contribution in [0.4, 0.5) is 21.1 Å². The molecular weight excluding hydrogens is 584 g/mol. The lowest BCUT2D eigenvalue weighted by atomic mass is 10.0. The van der Waals surface area contributed by atoms with E-state index < -0.39 is 12.2 Å². The molecule has 3 saturated heterocycles. The predicted octanol–water partition coefficient (Wildman–Crippen LogP) is 2.81. The smallest absolute Gasteiger partial charge is 0.410 e. The third-order valence-electron chi connectivity index (χ3n) is 10.3. The van der Waals surface area contributed by atoms with Crippen molar-refractivity contribution < 1.29 is 19.1 Å². The average molecular weight is 633 g/mol. The van der Waals surface area contributed by atoms with E-state index in [4.69, 9.17) is 10.5 Å². The lowest BCUT2D eigenvalue weighted by molar-refractivity contribution is -0.142. The van der Waals surface area contributed by atoms with Crippen LogP contribution in [0.2, 0.25) is 0 Å². The Hall–Kier alpha value is -3.90. The standard InChI is InChI=1S/C34H48N8O4/c1-24-21-25(23-36-31(24)35)22-30(32(43)40-12-8-27(9-13-40)39-19-17-38(2)18-20-39)46-34(45)41-14-10-28(11-15-41)42-16-7-26-5-3-4-6-29(26)37-33(42)44/h3-6,21,23,27-28,30H,7-20,22H2,1-2H3,(H2,35,36)(H,37,44)/t30-/m1/s1. The number of piperidine rings is 2. The van der Waals surface area contributed by atoms with Crippen LogP contribution >= 0.6 is 0 Å². The number of hydrogen-bond acceptors (Lipinski definition) is 8. The van der Waals surface area contributed by atoms with Crippen molar-refractivity contribution in [3.05, 3.63) is 53.2 Å². The van der Waals surface area contributed by atoms with Gasteiger partial charge in [0.1, 0.15) is 5.82 Å². The molecule has 1 atom stereocenters. The Bertz CT molecular complexity index is 1400. The van der Waals surface area contributed by atoms with Gasteiger partial charge < -0.3 is 35.4 Å². The first-order chi connectivity index (χ1) is 22.2. The van der Waals surface area contributed by atoms with Gasteiger partial charge in [-0.25, -0.2) is 14.6 Å². The van der Waals surface area contributed by atoms with E-state index in [1.165, 1.54) is 0 Å². The quantitative estimate of drug-likeness (QED) is 0.498. The van der Waals surface area contributed by atoms with Gasteiger partial charge in [-0.3, -0.25) is 9.69 Å². The summed E-state index contributed by atoms with van der Waals surface area (Å²) in [6, 6.07) is 10.2. The van der Waals surface area contributed by atoms with Gasteiger partial charge in [-0.15, -0.1) is 0 Å². The largest absolute Gasteiger partial charge is 0.436 e. The average Bonchev–Trinajstić information content (AvgIpc) is 3.24. The monoisotopic (exact) mass is 632 g/mol. The van der Waals surface area contributed by atoms with Crippen LogP contribution in [-0.4, -0.2) is 132 Å². The maximum atomic E-state index is 13.9. The Morgan fingerprint density at radius 2 is 1.63 bits per heavy atom. The second kappa shape index (κ2) is 14.3. The zero-order valence-electron chi connectivity index (χ0n) is 27.2. The molecule has 3 fully saturated rings. The molecule has 3 N–H and O–H groups in total. The zero-order chi connectivity index (χ0) is 32.2. The number of rotatable bonds is 6. The van der Waals surface area contributed by atoms with Crippen molar-refractivity contribution in [1.82, 2.24) is 29.5 Å². The maximum absolute atomic E-state index is 13.9. The Morgan fingerprint density at radius 3 is 2.35 bits per heavy atom. The van der Waals surface area contributed by atoms with Gasteiger partial charge in [0, 0.05) is 89.3 Å². The van der Waals surface area contributed by atoms with E-state index >= 15 is 0 Å². The molecule has 4 amide bonds. The minimum absolute atomic E-state index is 0.0289. The molecule has 0 saturated carbocycles. The molecule has 46 heavy (non-hydrogen) atoms. The number of para-hydroxylation sites is 1. The number of urea groups is 1. The summed E-state index contributed by atoms with van der Waals surface area (Å²) in [4.78, 5) is 55.1. The van der Waals surface area contributed by atoms with Crippen LogP contribution in [0.1, 0.15) is 42.4 Å². The van der Waals surface area contributed by atoms with Crippen LogP contribution < -0.4 is 11.1 Å². The van der Waals surface area contributed by atoms with Crippen LogP contribution in [0.15, 0.2) is 36.5 Å². The number of carbonyl (C=O) groups excluding carboxylic acids is 3.